The first-order chi connectivity index (χ1) is 12.7. The molecule has 0 radical (unpaired) electrons. The van der Waals surface area contributed by atoms with E-state index in [4.69, 9.17) is 0 Å². The lowest BCUT2D eigenvalue weighted by atomic mass is 10.1. The number of nitrogens with zero attached hydrogens (tertiary/aromatic N) is 2. The maximum Gasteiger partial charge on any atom is 0.338 e. The van der Waals surface area contributed by atoms with Crippen LogP contribution in [0.3, 0.4) is 0 Å². The second kappa shape index (κ2) is 8.08. The fourth-order valence-corrected chi connectivity index (χ4v) is 7.87. The summed E-state index contributed by atoms with van der Waals surface area (Å²) in [6, 6.07) is 0. The predicted octanol–water partition coefficient (Wildman–Crippen LogP) is 3.61. The fourth-order valence-electron chi connectivity index (χ4n) is 3.03. The standard InChI is InChI=1S/C17H15I3N2O5/c1-21(16(25)7-5-6-7)14-11(18)10(17(26)27)12(19)15(13(14)20)22-8(23)3-2-4-9(22)24/h7H,2-6H2,1H3,(H,26,27). The average molecular weight is 708 g/mol. The van der Waals surface area contributed by atoms with Crippen molar-refractivity contribution in [3.8, 4) is 0 Å². The molecule has 1 saturated heterocycles. The van der Waals surface area contributed by atoms with Crippen molar-refractivity contribution in [1.82, 2.24) is 0 Å². The number of hydrogen-bond acceptors (Lipinski definition) is 4. The molecule has 2 fully saturated rings. The van der Waals surface area contributed by atoms with Crippen LogP contribution in [0, 0.1) is 16.6 Å². The van der Waals surface area contributed by atoms with Crippen LogP contribution in [-0.2, 0) is 14.4 Å². The molecule has 3 rings (SSSR count). The molecule has 27 heavy (non-hydrogen) atoms. The zero-order chi connectivity index (χ0) is 20.0. The van der Waals surface area contributed by atoms with Crippen LogP contribution in [0.25, 0.3) is 0 Å². The molecule has 144 valence electrons. The Bertz CT molecular complexity index is 866. The summed E-state index contributed by atoms with van der Waals surface area (Å²) in [5, 5.41) is 9.75. The van der Waals surface area contributed by atoms with Crippen molar-refractivity contribution in [2.24, 2.45) is 5.92 Å². The Morgan fingerprint density at radius 2 is 1.59 bits per heavy atom. The molecule has 1 N–H and O–H groups in total. The van der Waals surface area contributed by atoms with Crippen LogP contribution < -0.4 is 9.80 Å². The highest BCUT2D eigenvalue weighted by atomic mass is 127. The number of anilines is 2. The van der Waals surface area contributed by atoms with Gasteiger partial charge in [0, 0.05) is 25.8 Å². The van der Waals surface area contributed by atoms with Crippen molar-refractivity contribution < 1.29 is 24.3 Å². The summed E-state index contributed by atoms with van der Waals surface area (Å²) in [4.78, 5) is 52.1. The second-order valence-corrected chi connectivity index (χ2v) is 9.70. The van der Waals surface area contributed by atoms with Crippen LogP contribution >= 0.6 is 67.8 Å². The number of carbonyl (C=O) groups is 4. The number of amides is 3. The van der Waals surface area contributed by atoms with Crippen molar-refractivity contribution in [3.63, 3.8) is 0 Å². The Balaban J connectivity index is 2.26. The Hall–Kier alpha value is -0.510. The van der Waals surface area contributed by atoms with E-state index in [1.165, 1.54) is 4.90 Å². The van der Waals surface area contributed by atoms with Crippen LogP contribution in [0.4, 0.5) is 11.4 Å². The Morgan fingerprint density at radius 3 is 2.07 bits per heavy atom. The number of carboxylic acid groups (broad SMARTS) is 1. The third-order valence-electron chi connectivity index (χ3n) is 4.58. The van der Waals surface area contributed by atoms with Gasteiger partial charge in [0.05, 0.1) is 27.6 Å². The molecule has 1 aliphatic carbocycles. The van der Waals surface area contributed by atoms with Crippen LogP contribution in [0.15, 0.2) is 0 Å². The van der Waals surface area contributed by atoms with Gasteiger partial charge in [-0.2, -0.15) is 0 Å². The monoisotopic (exact) mass is 708 g/mol. The van der Waals surface area contributed by atoms with E-state index in [1.54, 1.807) is 7.05 Å². The average Bonchev–Trinajstić information content (AvgIpc) is 3.41. The quantitative estimate of drug-likeness (QED) is 0.382. The number of hydrogen-bond donors (Lipinski definition) is 1. The SMILES string of the molecule is CN(C(=O)C1CC1)c1c(I)c(C(=O)O)c(I)c(N2C(=O)CCCC2=O)c1I. The van der Waals surface area contributed by atoms with E-state index >= 15 is 0 Å². The van der Waals surface area contributed by atoms with E-state index in [2.05, 4.69) is 0 Å². The molecule has 3 amide bonds. The highest BCUT2D eigenvalue weighted by molar-refractivity contribution is 14.1. The number of halogens is 3. The summed E-state index contributed by atoms with van der Waals surface area (Å²) < 4.78 is 1.28. The fraction of sp³-hybridized carbons (Fsp3) is 0.412. The number of carbonyl (C=O) groups excluding carboxylic acids is 3. The van der Waals surface area contributed by atoms with Gasteiger partial charge in [-0.15, -0.1) is 0 Å². The van der Waals surface area contributed by atoms with Crippen LogP contribution in [0.2, 0.25) is 0 Å². The zero-order valence-corrected chi connectivity index (χ0v) is 20.7. The number of benzene rings is 1. The number of rotatable bonds is 4. The van der Waals surface area contributed by atoms with Gasteiger partial charge in [0.2, 0.25) is 17.7 Å². The van der Waals surface area contributed by atoms with Gasteiger partial charge in [0.25, 0.3) is 0 Å². The summed E-state index contributed by atoms with van der Waals surface area (Å²) in [6.45, 7) is 0. The number of aromatic carboxylic acids is 1. The first kappa shape index (κ1) is 21.2. The van der Waals surface area contributed by atoms with E-state index in [0.717, 1.165) is 17.7 Å². The molecule has 0 aromatic heterocycles. The van der Waals surface area contributed by atoms with Gasteiger partial charge in [-0.3, -0.25) is 14.4 Å². The first-order valence-electron chi connectivity index (χ1n) is 8.23. The molecule has 0 spiro atoms. The van der Waals surface area contributed by atoms with E-state index in [0.29, 0.717) is 22.8 Å². The molecule has 0 atom stereocenters. The predicted molar refractivity (Wildman–Crippen MR) is 124 cm³/mol. The highest BCUT2D eigenvalue weighted by Crippen LogP contribution is 2.44. The largest absolute Gasteiger partial charge is 0.478 e. The molecule has 1 aliphatic heterocycles. The van der Waals surface area contributed by atoms with Crippen molar-refractivity contribution in [2.45, 2.75) is 32.1 Å². The van der Waals surface area contributed by atoms with E-state index in [-0.39, 0.29) is 47.7 Å². The Labute approximate surface area is 196 Å². The summed E-state index contributed by atoms with van der Waals surface area (Å²) in [5.41, 5.74) is 0.712. The van der Waals surface area contributed by atoms with Gasteiger partial charge < -0.3 is 10.0 Å². The lowest BCUT2D eigenvalue weighted by molar-refractivity contribution is -0.129. The van der Waals surface area contributed by atoms with Crippen molar-refractivity contribution in [1.29, 1.82) is 0 Å². The second-order valence-electron chi connectivity index (χ2n) is 6.47. The maximum atomic E-state index is 12.6. The summed E-state index contributed by atoms with van der Waals surface area (Å²) >= 11 is 5.80. The van der Waals surface area contributed by atoms with E-state index < -0.39 is 5.97 Å². The molecule has 1 aromatic rings. The number of imide groups is 1. The Kier molecular flexibility index (Phi) is 6.35. The molecule has 10 heteroatoms. The van der Waals surface area contributed by atoms with Crippen molar-refractivity contribution in [2.75, 3.05) is 16.8 Å². The molecule has 1 saturated carbocycles. The summed E-state index contributed by atoms with van der Waals surface area (Å²) in [6.07, 6.45) is 2.60. The molecule has 1 aromatic carbocycles. The number of piperidine rings is 1. The molecule has 0 unspecified atom stereocenters. The zero-order valence-electron chi connectivity index (χ0n) is 14.2. The molecule has 1 heterocycles. The Morgan fingerprint density at radius 1 is 1.04 bits per heavy atom. The lowest BCUT2D eigenvalue weighted by Crippen LogP contribution is -2.42. The third kappa shape index (κ3) is 3.84. The van der Waals surface area contributed by atoms with Gasteiger partial charge in [0.15, 0.2) is 0 Å². The summed E-state index contributed by atoms with van der Waals surface area (Å²) in [5.74, 6) is -1.98. The number of carboxylic acids is 1. The highest BCUT2D eigenvalue weighted by Gasteiger charge is 2.38. The molecular formula is C17H15I3N2O5. The minimum Gasteiger partial charge on any atom is -0.478 e. The smallest absolute Gasteiger partial charge is 0.338 e. The molecule has 2 aliphatic rings. The van der Waals surface area contributed by atoms with E-state index in [9.17, 15) is 24.3 Å². The normalized spacial score (nSPS) is 17.3. The van der Waals surface area contributed by atoms with Gasteiger partial charge in [-0.25, -0.2) is 9.69 Å². The van der Waals surface area contributed by atoms with Crippen LogP contribution in [0.5, 0.6) is 0 Å². The molecule has 0 bridgehead atoms. The van der Waals surface area contributed by atoms with Gasteiger partial charge in [-0.05, 0) is 87.0 Å². The first-order valence-corrected chi connectivity index (χ1v) is 11.5. The summed E-state index contributed by atoms with van der Waals surface area (Å²) in [7, 11) is 1.61. The minimum absolute atomic E-state index is 0.00300. The van der Waals surface area contributed by atoms with Gasteiger partial charge in [0.1, 0.15) is 0 Å². The lowest BCUT2D eigenvalue weighted by Gasteiger charge is -2.30. The van der Waals surface area contributed by atoms with Crippen molar-refractivity contribution in [3.05, 3.63) is 16.3 Å². The van der Waals surface area contributed by atoms with Crippen LogP contribution in [0.1, 0.15) is 42.5 Å². The van der Waals surface area contributed by atoms with E-state index in [1.807, 2.05) is 67.8 Å². The molecular weight excluding hydrogens is 693 g/mol. The maximum absolute atomic E-state index is 12.6. The van der Waals surface area contributed by atoms with Crippen LogP contribution in [-0.4, -0.2) is 35.8 Å². The van der Waals surface area contributed by atoms with Gasteiger partial charge in [-0.1, -0.05) is 0 Å². The van der Waals surface area contributed by atoms with Gasteiger partial charge >= 0.3 is 5.97 Å². The third-order valence-corrected chi connectivity index (χ3v) is 7.70. The van der Waals surface area contributed by atoms with Crippen molar-refractivity contribution >= 4 is 103 Å². The topological polar surface area (TPSA) is 95.0 Å². The molecule has 7 nitrogen and oxygen atoms in total. The minimum atomic E-state index is -1.16.